The molecular formula is C18H26N4O4S2. The van der Waals surface area contributed by atoms with E-state index in [2.05, 4.69) is 21.3 Å². The summed E-state index contributed by atoms with van der Waals surface area (Å²) in [6, 6.07) is 6.08. The first-order chi connectivity index (χ1) is 13.3. The van der Waals surface area contributed by atoms with Gasteiger partial charge in [-0.1, -0.05) is 6.07 Å². The van der Waals surface area contributed by atoms with E-state index in [1.807, 2.05) is 12.1 Å². The predicted octanol–water partition coefficient (Wildman–Crippen LogP) is 2.16. The van der Waals surface area contributed by atoms with Crippen molar-refractivity contribution in [2.75, 3.05) is 23.8 Å². The zero-order valence-electron chi connectivity index (χ0n) is 16.3. The lowest BCUT2D eigenvalue weighted by Crippen LogP contribution is -2.42. The van der Waals surface area contributed by atoms with Crippen molar-refractivity contribution in [1.29, 1.82) is 0 Å². The van der Waals surface area contributed by atoms with Crippen molar-refractivity contribution in [2.24, 2.45) is 0 Å². The summed E-state index contributed by atoms with van der Waals surface area (Å²) in [6.45, 7) is 7.43. The highest BCUT2D eigenvalue weighted by Gasteiger charge is 2.16. The molecule has 8 nitrogen and oxygen atoms in total. The molecule has 0 aliphatic heterocycles. The zero-order chi connectivity index (χ0) is 21.1. The van der Waals surface area contributed by atoms with Gasteiger partial charge in [0.25, 0.3) is 0 Å². The third-order valence-corrected chi connectivity index (χ3v) is 3.79. The predicted molar refractivity (Wildman–Crippen MR) is 117 cm³/mol. The van der Waals surface area contributed by atoms with Crippen molar-refractivity contribution in [3.8, 4) is 0 Å². The van der Waals surface area contributed by atoms with Crippen LogP contribution in [-0.4, -0.2) is 47.5 Å². The Morgan fingerprint density at radius 2 is 1.29 bits per heavy atom. The summed E-state index contributed by atoms with van der Waals surface area (Å²) in [4.78, 5) is 23.3. The first kappa shape index (κ1) is 23.6. The van der Waals surface area contributed by atoms with E-state index in [0.29, 0.717) is 24.6 Å². The molecular weight excluding hydrogens is 400 g/mol. The van der Waals surface area contributed by atoms with Crippen molar-refractivity contribution in [3.63, 3.8) is 0 Å². The minimum atomic E-state index is -0.567. The topological polar surface area (TPSA) is 101 Å². The second kappa shape index (κ2) is 12.1. The van der Waals surface area contributed by atoms with Gasteiger partial charge < -0.3 is 30.7 Å². The maximum Gasteiger partial charge on any atom is 0.328 e. The van der Waals surface area contributed by atoms with Gasteiger partial charge in [-0.25, -0.2) is 9.59 Å². The van der Waals surface area contributed by atoms with E-state index in [-0.39, 0.29) is 22.2 Å². The summed E-state index contributed by atoms with van der Waals surface area (Å²) >= 11 is 10.4. The van der Waals surface area contributed by atoms with Crippen LogP contribution in [0.15, 0.2) is 24.3 Å². The number of carbonyl (C=O) groups excluding carboxylic acids is 2. The fourth-order valence-corrected chi connectivity index (χ4v) is 2.64. The summed E-state index contributed by atoms with van der Waals surface area (Å²) < 4.78 is 9.86. The van der Waals surface area contributed by atoms with E-state index < -0.39 is 12.1 Å². The Morgan fingerprint density at radius 3 is 1.64 bits per heavy atom. The maximum absolute atomic E-state index is 11.6. The Morgan fingerprint density at radius 1 is 0.893 bits per heavy atom. The van der Waals surface area contributed by atoms with Gasteiger partial charge in [0.1, 0.15) is 12.1 Å². The number of anilines is 2. The molecule has 0 fully saturated rings. The number of hydrogen-bond acceptors (Lipinski definition) is 6. The van der Waals surface area contributed by atoms with Gasteiger partial charge in [0.15, 0.2) is 10.2 Å². The fraction of sp³-hybridized carbons (Fsp3) is 0.444. The van der Waals surface area contributed by atoms with Crippen LogP contribution in [0.5, 0.6) is 0 Å². The number of carbonyl (C=O) groups is 2. The molecule has 1 aromatic rings. The van der Waals surface area contributed by atoms with Gasteiger partial charge in [0.2, 0.25) is 0 Å². The summed E-state index contributed by atoms with van der Waals surface area (Å²) in [6.07, 6.45) is 0. The lowest BCUT2D eigenvalue weighted by Gasteiger charge is -2.17. The van der Waals surface area contributed by atoms with Gasteiger partial charge in [0, 0.05) is 11.4 Å². The van der Waals surface area contributed by atoms with Crippen LogP contribution >= 0.6 is 24.4 Å². The van der Waals surface area contributed by atoms with Crippen LogP contribution in [0.4, 0.5) is 11.4 Å². The second-order valence-electron chi connectivity index (χ2n) is 5.73. The van der Waals surface area contributed by atoms with Crippen molar-refractivity contribution in [1.82, 2.24) is 10.6 Å². The summed E-state index contributed by atoms with van der Waals surface area (Å²) in [7, 11) is 0. The first-order valence-corrected chi connectivity index (χ1v) is 9.66. The van der Waals surface area contributed by atoms with Crippen LogP contribution in [0, 0.1) is 0 Å². The molecule has 10 heteroatoms. The Labute approximate surface area is 175 Å². The van der Waals surface area contributed by atoms with Crippen molar-refractivity contribution >= 4 is 58.0 Å². The smallest absolute Gasteiger partial charge is 0.328 e. The van der Waals surface area contributed by atoms with E-state index in [1.54, 1.807) is 39.8 Å². The molecule has 0 amide bonds. The third-order valence-electron chi connectivity index (χ3n) is 3.35. The van der Waals surface area contributed by atoms with Gasteiger partial charge >= 0.3 is 11.9 Å². The molecule has 0 aliphatic rings. The van der Waals surface area contributed by atoms with E-state index in [1.165, 1.54) is 0 Å². The van der Waals surface area contributed by atoms with E-state index >= 15 is 0 Å². The lowest BCUT2D eigenvalue weighted by molar-refractivity contribution is -0.145. The molecule has 0 heterocycles. The first-order valence-electron chi connectivity index (χ1n) is 8.85. The number of esters is 2. The highest BCUT2D eigenvalue weighted by atomic mass is 32.1. The number of ether oxygens (including phenoxy) is 2. The van der Waals surface area contributed by atoms with Crippen molar-refractivity contribution in [2.45, 2.75) is 39.8 Å². The average Bonchev–Trinajstić information content (AvgIpc) is 2.62. The molecule has 1 aromatic carbocycles. The number of benzene rings is 1. The molecule has 2 unspecified atom stereocenters. The molecule has 154 valence electrons. The Bertz CT molecular complexity index is 659. The molecule has 0 aromatic heterocycles. The normalized spacial score (nSPS) is 12.1. The highest BCUT2D eigenvalue weighted by molar-refractivity contribution is 7.80. The molecule has 0 saturated carbocycles. The maximum atomic E-state index is 11.6. The fourth-order valence-electron chi connectivity index (χ4n) is 2.05. The minimum Gasteiger partial charge on any atom is -0.464 e. The van der Waals surface area contributed by atoms with Crippen LogP contribution in [0.2, 0.25) is 0 Å². The molecule has 0 spiro atoms. The second-order valence-corrected chi connectivity index (χ2v) is 6.54. The molecule has 0 bridgehead atoms. The number of rotatable bonds is 8. The number of thiocarbonyl (C=S) groups is 2. The van der Waals surface area contributed by atoms with Gasteiger partial charge in [-0.05, 0) is 70.3 Å². The standard InChI is InChI=1S/C18H26N4O4S2/c1-5-25-15(23)11(3)19-17(27)21-13-8-7-9-14(10-13)22-18(28)20-12(4)16(24)26-6-2/h7-12H,5-6H2,1-4H3,(H2,19,21,27)(H2,20,22,28). The average molecular weight is 427 g/mol. The van der Waals surface area contributed by atoms with Crippen molar-refractivity contribution < 1.29 is 19.1 Å². The molecule has 4 N–H and O–H groups in total. The molecule has 1 rings (SSSR count). The molecule has 2 atom stereocenters. The number of nitrogens with one attached hydrogen (secondary N) is 4. The van der Waals surface area contributed by atoms with Gasteiger partial charge in [-0.15, -0.1) is 0 Å². The van der Waals surface area contributed by atoms with Crippen LogP contribution in [-0.2, 0) is 19.1 Å². The lowest BCUT2D eigenvalue weighted by atomic mass is 10.2. The van der Waals surface area contributed by atoms with Crippen LogP contribution in [0.25, 0.3) is 0 Å². The summed E-state index contributed by atoms with van der Waals surface area (Å²) in [5.41, 5.74) is 1.39. The summed E-state index contributed by atoms with van der Waals surface area (Å²) in [5.74, 6) is -0.761. The van der Waals surface area contributed by atoms with Gasteiger partial charge in [0.05, 0.1) is 13.2 Å². The van der Waals surface area contributed by atoms with E-state index in [9.17, 15) is 9.59 Å². The highest BCUT2D eigenvalue weighted by Crippen LogP contribution is 2.15. The minimum absolute atomic E-state index is 0.286. The van der Waals surface area contributed by atoms with Crippen LogP contribution in [0.3, 0.4) is 0 Å². The Kier molecular flexibility index (Phi) is 10.2. The Balaban J connectivity index is 2.59. The molecule has 0 radical (unpaired) electrons. The van der Waals surface area contributed by atoms with Crippen molar-refractivity contribution in [3.05, 3.63) is 24.3 Å². The third kappa shape index (κ3) is 8.49. The molecule has 0 saturated heterocycles. The summed E-state index contributed by atoms with van der Waals surface area (Å²) in [5, 5.41) is 12.3. The Hall–Kier alpha value is -2.46. The van der Waals surface area contributed by atoms with E-state index in [4.69, 9.17) is 33.9 Å². The van der Waals surface area contributed by atoms with E-state index in [0.717, 1.165) is 0 Å². The molecule has 28 heavy (non-hydrogen) atoms. The monoisotopic (exact) mass is 426 g/mol. The van der Waals surface area contributed by atoms with Gasteiger partial charge in [-0.3, -0.25) is 0 Å². The zero-order valence-corrected chi connectivity index (χ0v) is 18.0. The van der Waals surface area contributed by atoms with Gasteiger partial charge in [-0.2, -0.15) is 0 Å². The van der Waals surface area contributed by atoms with Crippen LogP contribution in [0.1, 0.15) is 27.7 Å². The van der Waals surface area contributed by atoms with Crippen LogP contribution < -0.4 is 21.3 Å². The SMILES string of the molecule is CCOC(=O)C(C)NC(=S)Nc1cccc(NC(=S)NC(C)C(=O)OCC)c1. The quantitative estimate of drug-likeness (QED) is 0.365. The largest absolute Gasteiger partial charge is 0.464 e. The number of hydrogen-bond donors (Lipinski definition) is 4. The molecule has 0 aliphatic carbocycles.